The van der Waals surface area contributed by atoms with Crippen molar-refractivity contribution < 1.29 is 9.53 Å². The number of nitrogens with one attached hydrogen (secondary N) is 1. The number of ether oxygens (including phenoxy) is 1. The predicted molar refractivity (Wildman–Crippen MR) is 84.7 cm³/mol. The minimum atomic E-state index is -0.00857. The first-order valence-corrected chi connectivity index (χ1v) is 7.88. The highest BCUT2D eigenvalue weighted by Crippen LogP contribution is 2.18. The Morgan fingerprint density at radius 3 is 2.85 bits per heavy atom. The number of halogens is 1. The lowest BCUT2D eigenvalue weighted by Crippen LogP contribution is -2.11. The second kappa shape index (κ2) is 10.6. The first kappa shape index (κ1) is 16.8. The van der Waals surface area contributed by atoms with Crippen LogP contribution in [-0.4, -0.2) is 18.4 Å². The van der Waals surface area contributed by atoms with Crippen molar-refractivity contribution in [1.29, 1.82) is 0 Å². The smallest absolute Gasteiger partial charge is 0.224 e. The van der Waals surface area contributed by atoms with Gasteiger partial charge in [-0.3, -0.25) is 4.79 Å². The number of hydrogen-bond donors (Lipinski definition) is 1. The Hall–Kier alpha value is -1.22. The Bertz CT molecular complexity index is 396. The topological polar surface area (TPSA) is 38.3 Å². The van der Waals surface area contributed by atoms with Crippen molar-refractivity contribution in [3.63, 3.8) is 0 Å². The molecule has 0 aliphatic carbocycles. The van der Waals surface area contributed by atoms with E-state index >= 15 is 0 Å². The Morgan fingerprint density at radius 1 is 1.25 bits per heavy atom. The van der Waals surface area contributed by atoms with Gasteiger partial charge in [-0.05, 0) is 25.0 Å². The van der Waals surface area contributed by atoms with E-state index in [9.17, 15) is 4.79 Å². The maximum Gasteiger partial charge on any atom is 0.224 e. The van der Waals surface area contributed by atoms with E-state index in [1.165, 1.54) is 19.3 Å². The molecule has 0 spiro atoms. The number of unbranched alkanes of at least 4 members (excludes halogenated alkanes) is 3. The van der Waals surface area contributed by atoms with Crippen LogP contribution in [0.25, 0.3) is 0 Å². The fraction of sp³-hybridized carbons (Fsp3) is 0.562. The molecule has 1 rings (SSSR count). The number of hydrogen-bond acceptors (Lipinski definition) is 2. The van der Waals surface area contributed by atoms with E-state index in [4.69, 9.17) is 16.3 Å². The van der Waals surface area contributed by atoms with Crippen molar-refractivity contribution in [1.82, 2.24) is 0 Å². The predicted octanol–water partition coefficient (Wildman–Crippen LogP) is 4.60. The van der Waals surface area contributed by atoms with E-state index in [2.05, 4.69) is 12.2 Å². The van der Waals surface area contributed by atoms with Gasteiger partial charge in [0.15, 0.2) is 0 Å². The summed E-state index contributed by atoms with van der Waals surface area (Å²) in [7, 11) is 0. The van der Waals surface area contributed by atoms with Gasteiger partial charge in [0.1, 0.15) is 5.75 Å². The molecule has 0 atom stereocenters. The van der Waals surface area contributed by atoms with Gasteiger partial charge < -0.3 is 10.1 Å². The van der Waals surface area contributed by atoms with Gasteiger partial charge in [0, 0.05) is 24.1 Å². The highest BCUT2D eigenvalue weighted by molar-refractivity contribution is 6.18. The van der Waals surface area contributed by atoms with E-state index in [0.717, 1.165) is 24.5 Å². The zero-order valence-electron chi connectivity index (χ0n) is 12.2. The van der Waals surface area contributed by atoms with E-state index in [1.807, 2.05) is 24.3 Å². The molecule has 1 N–H and O–H groups in total. The summed E-state index contributed by atoms with van der Waals surface area (Å²) < 4.78 is 5.68. The molecule has 0 saturated carbocycles. The van der Waals surface area contributed by atoms with Gasteiger partial charge in [-0.1, -0.05) is 32.3 Å². The molecule has 0 aliphatic heterocycles. The van der Waals surface area contributed by atoms with Crippen LogP contribution in [0.15, 0.2) is 24.3 Å². The summed E-state index contributed by atoms with van der Waals surface area (Å²) in [6.45, 7) is 2.92. The molecule has 0 saturated heterocycles. The Balaban J connectivity index is 2.35. The van der Waals surface area contributed by atoms with Gasteiger partial charge in [0.05, 0.1) is 6.61 Å². The highest BCUT2D eigenvalue weighted by atomic mass is 35.5. The van der Waals surface area contributed by atoms with E-state index in [1.54, 1.807) is 0 Å². The maximum absolute atomic E-state index is 11.6. The minimum absolute atomic E-state index is 0.00857. The third-order valence-corrected chi connectivity index (χ3v) is 3.19. The summed E-state index contributed by atoms with van der Waals surface area (Å²) in [6, 6.07) is 7.52. The zero-order chi connectivity index (χ0) is 14.6. The molecule has 1 aromatic rings. The highest BCUT2D eigenvalue weighted by Gasteiger charge is 2.03. The first-order chi connectivity index (χ1) is 9.76. The van der Waals surface area contributed by atoms with Gasteiger partial charge >= 0.3 is 0 Å². The van der Waals surface area contributed by atoms with Crippen LogP contribution in [0.3, 0.4) is 0 Å². The second-order valence-electron chi connectivity index (χ2n) is 4.78. The summed E-state index contributed by atoms with van der Waals surface area (Å²) in [5.74, 6) is 1.30. The molecule has 1 aromatic carbocycles. The average Bonchev–Trinajstić information content (AvgIpc) is 2.45. The van der Waals surface area contributed by atoms with Gasteiger partial charge in [-0.15, -0.1) is 11.6 Å². The number of alkyl halides is 1. The summed E-state index contributed by atoms with van der Waals surface area (Å²) in [4.78, 5) is 11.6. The third kappa shape index (κ3) is 7.39. The van der Waals surface area contributed by atoms with E-state index in [0.29, 0.717) is 18.7 Å². The molecule has 3 nitrogen and oxygen atoms in total. The molecule has 20 heavy (non-hydrogen) atoms. The van der Waals surface area contributed by atoms with Gasteiger partial charge in [0.2, 0.25) is 5.91 Å². The average molecular weight is 298 g/mol. The standard InChI is InChI=1S/C16H24ClNO2/c1-2-3-4-5-12-20-15-9-6-8-14(13-15)18-16(19)10-7-11-17/h6,8-9,13H,2-5,7,10-12H2,1H3,(H,18,19). The number of amides is 1. The van der Waals surface area contributed by atoms with Crippen LogP contribution in [0.5, 0.6) is 5.75 Å². The number of carbonyl (C=O) groups excluding carboxylic acids is 1. The van der Waals surface area contributed by atoms with Crippen molar-refractivity contribution in [2.24, 2.45) is 0 Å². The summed E-state index contributed by atoms with van der Waals surface area (Å²) in [5.41, 5.74) is 0.774. The number of carbonyl (C=O) groups is 1. The number of benzene rings is 1. The Kier molecular flexibility index (Phi) is 8.88. The molecule has 1 amide bonds. The summed E-state index contributed by atoms with van der Waals surface area (Å²) in [5, 5.41) is 2.85. The fourth-order valence-electron chi connectivity index (χ4n) is 1.83. The molecule has 0 bridgehead atoms. The van der Waals surface area contributed by atoms with Crippen molar-refractivity contribution in [3.05, 3.63) is 24.3 Å². The lowest BCUT2D eigenvalue weighted by molar-refractivity contribution is -0.116. The zero-order valence-corrected chi connectivity index (χ0v) is 12.9. The molecule has 4 heteroatoms. The lowest BCUT2D eigenvalue weighted by Gasteiger charge is -2.09. The van der Waals surface area contributed by atoms with Crippen LogP contribution in [0.4, 0.5) is 5.69 Å². The normalized spacial score (nSPS) is 10.3. The Morgan fingerprint density at radius 2 is 2.10 bits per heavy atom. The van der Waals surface area contributed by atoms with Gasteiger partial charge in [0.25, 0.3) is 0 Å². The largest absolute Gasteiger partial charge is 0.494 e. The van der Waals surface area contributed by atoms with Crippen LogP contribution in [-0.2, 0) is 4.79 Å². The number of anilines is 1. The van der Waals surface area contributed by atoms with Crippen molar-refractivity contribution in [2.75, 3.05) is 17.8 Å². The third-order valence-electron chi connectivity index (χ3n) is 2.92. The molecule has 0 aliphatic rings. The molecule has 0 unspecified atom stereocenters. The molecule has 0 fully saturated rings. The molecular formula is C16H24ClNO2. The first-order valence-electron chi connectivity index (χ1n) is 7.35. The van der Waals surface area contributed by atoms with E-state index in [-0.39, 0.29) is 5.91 Å². The monoisotopic (exact) mass is 297 g/mol. The van der Waals surface area contributed by atoms with Crippen LogP contribution in [0.1, 0.15) is 45.4 Å². The number of rotatable bonds is 10. The molecule has 0 radical (unpaired) electrons. The minimum Gasteiger partial charge on any atom is -0.494 e. The molecule has 112 valence electrons. The van der Waals surface area contributed by atoms with Crippen molar-refractivity contribution in [3.8, 4) is 5.75 Å². The van der Waals surface area contributed by atoms with Crippen LogP contribution >= 0.6 is 11.6 Å². The molecular weight excluding hydrogens is 274 g/mol. The van der Waals surface area contributed by atoms with Crippen LogP contribution < -0.4 is 10.1 Å². The van der Waals surface area contributed by atoms with Crippen LogP contribution in [0.2, 0.25) is 0 Å². The Labute approximate surface area is 126 Å². The maximum atomic E-state index is 11.6. The van der Waals surface area contributed by atoms with Crippen LogP contribution in [0, 0.1) is 0 Å². The fourth-order valence-corrected chi connectivity index (χ4v) is 1.97. The SMILES string of the molecule is CCCCCCOc1cccc(NC(=O)CCCCl)c1. The summed E-state index contributed by atoms with van der Waals surface area (Å²) in [6.07, 6.45) is 5.89. The van der Waals surface area contributed by atoms with Crippen molar-refractivity contribution >= 4 is 23.2 Å². The second-order valence-corrected chi connectivity index (χ2v) is 5.16. The van der Waals surface area contributed by atoms with Gasteiger partial charge in [-0.2, -0.15) is 0 Å². The summed E-state index contributed by atoms with van der Waals surface area (Å²) >= 11 is 5.57. The van der Waals surface area contributed by atoms with Crippen molar-refractivity contribution in [2.45, 2.75) is 45.4 Å². The van der Waals surface area contributed by atoms with Gasteiger partial charge in [-0.25, -0.2) is 0 Å². The lowest BCUT2D eigenvalue weighted by atomic mass is 10.2. The van der Waals surface area contributed by atoms with E-state index < -0.39 is 0 Å². The molecule has 0 heterocycles. The quantitative estimate of drug-likeness (QED) is 0.506. The molecule has 0 aromatic heterocycles.